The maximum Gasteiger partial charge on any atom is 0.323 e. The van der Waals surface area contributed by atoms with Crippen LogP contribution >= 0.6 is 0 Å². The van der Waals surface area contributed by atoms with Crippen molar-refractivity contribution in [3.05, 3.63) is 114 Å². The molecular weight excluding hydrogens is 480 g/mol. The number of carbonyl (C=O) groups is 2. The number of hydrazine groups is 1. The van der Waals surface area contributed by atoms with Crippen LogP contribution in [0.4, 0.5) is 25.0 Å². The van der Waals surface area contributed by atoms with Crippen LogP contribution in [0, 0.1) is 18.6 Å². The molecule has 4 N–H and O–H groups in total. The van der Waals surface area contributed by atoms with Crippen LogP contribution in [0.5, 0.6) is 11.5 Å². The number of aromatic nitrogens is 1. The van der Waals surface area contributed by atoms with E-state index < -0.39 is 23.6 Å². The second-order valence-corrected chi connectivity index (χ2v) is 8.00. The lowest BCUT2D eigenvalue weighted by molar-refractivity contribution is 0.0926. The van der Waals surface area contributed by atoms with E-state index in [0.717, 1.165) is 23.3 Å². The molecule has 0 aliphatic rings. The number of hydrogen-bond donors (Lipinski definition) is 4. The van der Waals surface area contributed by atoms with Gasteiger partial charge in [-0.25, -0.2) is 19.0 Å². The maximum absolute atomic E-state index is 13.7. The minimum atomic E-state index is -0.883. The lowest BCUT2D eigenvalue weighted by Crippen LogP contribution is -2.37. The van der Waals surface area contributed by atoms with Gasteiger partial charge in [0.05, 0.1) is 5.69 Å². The molecule has 0 radical (unpaired) electrons. The molecule has 1 heterocycles. The fourth-order valence-electron chi connectivity index (χ4n) is 3.21. The van der Waals surface area contributed by atoms with Gasteiger partial charge in [0.25, 0.3) is 5.91 Å². The number of aryl methyl sites for hydroxylation is 1. The molecule has 4 rings (SSSR count). The second kappa shape index (κ2) is 11.7. The van der Waals surface area contributed by atoms with Crippen molar-refractivity contribution in [2.24, 2.45) is 0 Å². The molecule has 0 aliphatic heterocycles. The summed E-state index contributed by atoms with van der Waals surface area (Å²) in [5, 5.41) is 4.86. The van der Waals surface area contributed by atoms with E-state index in [1.165, 1.54) is 12.3 Å². The largest absolute Gasteiger partial charge is 0.457 e. The minimum absolute atomic E-state index is 0.151. The number of ether oxygens (including phenoxy) is 1. The zero-order valence-electron chi connectivity index (χ0n) is 19.7. The fourth-order valence-corrected chi connectivity index (χ4v) is 3.21. The molecule has 0 saturated heterocycles. The van der Waals surface area contributed by atoms with E-state index >= 15 is 0 Å². The van der Waals surface area contributed by atoms with Crippen LogP contribution in [0.1, 0.15) is 21.6 Å². The summed E-state index contributed by atoms with van der Waals surface area (Å²) < 4.78 is 32.5. The number of hydrogen-bond acceptors (Lipinski definition) is 5. The molecule has 0 saturated carbocycles. The molecular formula is C27H23F2N5O3. The number of benzene rings is 3. The smallest absolute Gasteiger partial charge is 0.323 e. The Morgan fingerprint density at radius 3 is 2.35 bits per heavy atom. The Bertz CT molecular complexity index is 1400. The van der Waals surface area contributed by atoms with Gasteiger partial charge in [0.2, 0.25) is 0 Å². The van der Waals surface area contributed by atoms with Crippen LogP contribution in [0.15, 0.2) is 85.1 Å². The first-order valence-corrected chi connectivity index (χ1v) is 11.2. The summed E-state index contributed by atoms with van der Waals surface area (Å²) in [7, 11) is 0. The first-order valence-electron chi connectivity index (χ1n) is 11.2. The Morgan fingerprint density at radius 2 is 1.62 bits per heavy atom. The molecule has 0 spiro atoms. The summed E-state index contributed by atoms with van der Waals surface area (Å²) in [6.45, 7) is 2.46. The van der Waals surface area contributed by atoms with Crippen LogP contribution in [-0.2, 0) is 6.54 Å². The molecule has 0 atom stereocenters. The summed E-state index contributed by atoms with van der Waals surface area (Å²) in [4.78, 5) is 28.6. The van der Waals surface area contributed by atoms with Crippen molar-refractivity contribution in [3.63, 3.8) is 0 Å². The van der Waals surface area contributed by atoms with Gasteiger partial charge in [-0.3, -0.25) is 15.2 Å². The molecule has 3 amide bonds. The molecule has 10 heteroatoms. The monoisotopic (exact) mass is 503 g/mol. The number of amides is 3. The Balaban J connectivity index is 1.29. The average molecular weight is 504 g/mol. The number of anilines is 2. The highest BCUT2D eigenvalue weighted by molar-refractivity contribution is 5.99. The molecule has 1 aromatic heterocycles. The van der Waals surface area contributed by atoms with E-state index in [-0.39, 0.29) is 11.4 Å². The van der Waals surface area contributed by atoms with Crippen molar-refractivity contribution in [1.82, 2.24) is 15.8 Å². The van der Waals surface area contributed by atoms with Crippen molar-refractivity contribution < 1.29 is 23.1 Å². The van der Waals surface area contributed by atoms with Gasteiger partial charge in [-0.05, 0) is 55.0 Å². The second-order valence-electron chi connectivity index (χ2n) is 8.00. The van der Waals surface area contributed by atoms with Crippen molar-refractivity contribution in [2.75, 3.05) is 10.6 Å². The van der Waals surface area contributed by atoms with E-state index in [1.54, 1.807) is 30.3 Å². The van der Waals surface area contributed by atoms with Gasteiger partial charge in [-0.15, -0.1) is 0 Å². The fraction of sp³-hybridized carbons (Fsp3) is 0.0741. The van der Waals surface area contributed by atoms with E-state index in [0.29, 0.717) is 29.8 Å². The van der Waals surface area contributed by atoms with E-state index in [1.807, 2.05) is 31.2 Å². The highest BCUT2D eigenvalue weighted by Crippen LogP contribution is 2.23. The molecule has 37 heavy (non-hydrogen) atoms. The lowest BCUT2D eigenvalue weighted by atomic mass is 10.1. The van der Waals surface area contributed by atoms with Crippen molar-refractivity contribution in [2.45, 2.75) is 13.5 Å². The molecule has 3 aromatic carbocycles. The molecule has 0 aliphatic carbocycles. The summed E-state index contributed by atoms with van der Waals surface area (Å²) in [6.07, 6.45) is 1.46. The van der Waals surface area contributed by atoms with Crippen molar-refractivity contribution in [1.29, 1.82) is 0 Å². The van der Waals surface area contributed by atoms with E-state index in [4.69, 9.17) is 4.74 Å². The number of nitrogens with zero attached hydrogens (tertiary/aromatic N) is 1. The SMILES string of the molecule is Cc1ccc(CNNC(=O)c2cc(Oc3ccc(NC(=O)Nc4ccc(F)cc4F)cc3)ccn2)cc1. The van der Waals surface area contributed by atoms with Crippen LogP contribution in [-0.4, -0.2) is 16.9 Å². The third-order valence-corrected chi connectivity index (χ3v) is 5.11. The normalized spacial score (nSPS) is 10.5. The summed E-state index contributed by atoms with van der Waals surface area (Å²) >= 11 is 0. The number of rotatable bonds is 8. The molecule has 4 aromatic rings. The predicted molar refractivity (Wildman–Crippen MR) is 135 cm³/mol. The lowest BCUT2D eigenvalue weighted by Gasteiger charge is -2.11. The highest BCUT2D eigenvalue weighted by Gasteiger charge is 2.10. The van der Waals surface area contributed by atoms with Crippen molar-refractivity contribution in [3.8, 4) is 11.5 Å². The number of halogens is 2. The van der Waals surface area contributed by atoms with E-state index in [9.17, 15) is 18.4 Å². The number of pyridine rings is 1. The zero-order chi connectivity index (χ0) is 26.2. The Labute approximate surface area is 211 Å². The first kappa shape index (κ1) is 25.3. The Hall–Kier alpha value is -4.83. The minimum Gasteiger partial charge on any atom is -0.457 e. The first-order chi connectivity index (χ1) is 17.9. The average Bonchev–Trinajstić information content (AvgIpc) is 2.88. The zero-order valence-corrected chi connectivity index (χ0v) is 19.7. The van der Waals surface area contributed by atoms with Gasteiger partial charge in [-0.1, -0.05) is 29.8 Å². The van der Waals surface area contributed by atoms with Crippen LogP contribution < -0.4 is 26.2 Å². The molecule has 0 bridgehead atoms. The van der Waals surface area contributed by atoms with Gasteiger partial charge >= 0.3 is 6.03 Å². The molecule has 0 fully saturated rings. The Morgan fingerprint density at radius 1 is 0.865 bits per heavy atom. The predicted octanol–water partition coefficient (Wildman–Crippen LogP) is 5.54. The quantitative estimate of drug-likeness (QED) is 0.237. The van der Waals surface area contributed by atoms with Crippen molar-refractivity contribution >= 4 is 23.3 Å². The summed E-state index contributed by atoms with van der Waals surface area (Å²) in [5.41, 5.74) is 8.09. The van der Waals surface area contributed by atoms with Crippen LogP contribution in [0.2, 0.25) is 0 Å². The standard InChI is InChI=1S/C27H23F2N5O3/c1-17-2-4-18(5-3-17)16-31-34-26(35)25-15-22(12-13-30-25)37-21-9-7-20(8-10-21)32-27(36)33-24-11-6-19(28)14-23(24)29/h2-15,31H,16H2,1H3,(H,34,35)(H2,32,33,36). The summed E-state index contributed by atoms with van der Waals surface area (Å²) in [6, 6.07) is 19.6. The van der Waals surface area contributed by atoms with Gasteiger partial charge in [0.15, 0.2) is 0 Å². The summed E-state index contributed by atoms with van der Waals surface area (Å²) in [5.74, 6) is -1.20. The maximum atomic E-state index is 13.7. The number of nitrogens with one attached hydrogen (secondary N) is 4. The van der Waals surface area contributed by atoms with Gasteiger partial charge in [-0.2, -0.15) is 0 Å². The molecule has 0 unspecified atom stereocenters. The Kier molecular flexibility index (Phi) is 8.01. The van der Waals surface area contributed by atoms with Gasteiger partial charge < -0.3 is 15.4 Å². The topological polar surface area (TPSA) is 104 Å². The molecule has 8 nitrogen and oxygen atoms in total. The van der Waals surface area contributed by atoms with Gasteiger partial charge in [0, 0.05) is 30.6 Å². The third-order valence-electron chi connectivity index (χ3n) is 5.11. The number of urea groups is 1. The molecule has 188 valence electrons. The van der Waals surface area contributed by atoms with Gasteiger partial charge in [0.1, 0.15) is 28.8 Å². The van der Waals surface area contributed by atoms with Crippen LogP contribution in [0.25, 0.3) is 0 Å². The third kappa shape index (κ3) is 7.33. The highest BCUT2D eigenvalue weighted by atomic mass is 19.1. The number of carbonyl (C=O) groups excluding carboxylic acids is 2. The van der Waals surface area contributed by atoms with Crippen LogP contribution in [0.3, 0.4) is 0 Å². The van der Waals surface area contributed by atoms with E-state index in [2.05, 4.69) is 26.5 Å².